The van der Waals surface area contributed by atoms with Crippen LogP contribution in [0.25, 0.3) is 0 Å². The van der Waals surface area contributed by atoms with Gasteiger partial charge < -0.3 is 20.1 Å². The summed E-state index contributed by atoms with van der Waals surface area (Å²) >= 11 is 0. The van der Waals surface area contributed by atoms with Crippen molar-refractivity contribution in [2.75, 3.05) is 33.4 Å². The van der Waals surface area contributed by atoms with Gasteiger partial charge in [-0.05, 0) is 31.5 Å². The van der Waals surface area contributed by atoms with E-state index in [1.807, 2.05) is 29.2 Å². The average molecular weight is 293 g/mol. The summed E-state index contributed by atoms with van der Waals surface area (Å²) in [4.78, 5) is 6.46. The van der Waals surface area contributed by atoms with E-state index in [9.17, 15) is 0 Å². The molecule has 5 nitrogen and oxygen atoms in total. The minimum atomic E-state index is 0.567. The lowest BCUT2D eigenvalue weighted by Gasteiger charge is -2.19. The van der Waals surface area contributed by atoms with Crippen LogP contribution >= 0.6 is 0 Å². The molecule has 0 aliphatic carbocycles. The summed E-state index contributed by atoms with van der Waals surface area (Å²) in [6.45, 7) is 7.81. The highest BCUT2D eigenvalue weighted by Gasteiger charge is 2.02. The normalized spacial score (nSPS) is 11.5. The van der Waals surface area contributed by atoms with Crippen LogP contribution in [0.2, 0.25) is 0 Å². The number of nitrogens with two attached hydrogens (primary N) is 1. The van der Waals surface area contributed by atoms with Crippen LogP contribution in [-0.4, -0.2) is 44.3 Å². The van der Waals surface area contributed by atoms with Crippen LogP contribution in [-0.2, 0) is 11.3 Å². The van der Waals surface area contributed by atoms with Gasteiger partial charge in [-0.3, -0.25) is 0 Å². The number of hydrogen-bond acceptors (Lipinski definition) is 3. The number of methoxy groups -OCH3 is 1. The Balaban J connectivity index is 2.54. The maximum absolute atomic E-state index is 5.97. The van der Waals surface area contributed by atoms with Crippen LogP contribution in [0.5, 0.6) is 5.75 Å². The first-order chi connectivity index (χ1) is 10.2. The molecule has 1 aromatic carbocycles. The van der Waals surface area contributed by atoms with Gasteiger partial charge in [0.2, 0.25) is 0 Å². The standard InChI is InChI=1S/C16H27N3O2/c1-4-19(5-2)16(17)18-13-14-8-6-9-15(12-14)21-11-7-10-20-3/h6,8-9,12H,4-5,7,10-11,13H2,1-3H3,(H2,17,18). The van der Waals surface area contributed by atoms with Crippen molar-refractivity contribution in [3.05, 3.63) is 29.8 Å². The van der Waals surface area contributed by atoms with E-state index in [1.54, 1.807) is 7.11 Å². The van der Waals surface area contributed by atoms with Gasteiger partial charge in [0.15, 0.2) is 5.96 Å². The molecule has 2 N–H and O–H groups in total. The second-order valence-electron chi connectivity index (χ2n) is 4.69. The van der Waals surface area contributed by atoms with Crippen molar-refractivity contribution in [3.63, 3.8) is 0 Å². The first kappa shape index (κ1) is 17.3. The Morgan fingerprint density at radius 2 is 2.00 bits per heavy atom. The molecule has 0 amide bonds. The fraction of sp³-hybridized carbons (Fsp3) is 0.562. The Labute approximate surface area is 127 Å². The molecule has 0 heterocycles. The summed E-state index contributed by atoms with van der Waals surface area (Å²) in [5.74, 6) is 1.45. The van der Waals surface area contributed by atoms with Gasteiger partial charge in [0.1, 0.15) is 5.75 Å². The van der Waals surface area contributed by atoms with Gasteiger partial charge in [-0.25, -0.2) is 4.99 Å². The van der Waals surface area contributed by atoms with Gasteiger partial charge >= 0.3 is 0 Å². The summed E-state index contributed by atoms with van der Waals surface area (Å²) < 4.78 is 10.7. The first-order valence-electron chi connectivity index (χ1n) is 7.46. The summed E-state index contributed by atoms with van der Waals surface area (Å²) in [5, 5.41) is 0. The lowest BCUT2D eigenvalue weighted by atomic mass is 10.2. The first-order valence-corrected chi connectivity index (χ1v) is 7.46. The molecular formula is C16H27N3O2. The lowest BCUT2D eigenvalue weighted by molar-refractivity contribution is 0.172. The van der Waals surface area contributed by atoms with Crippen LogP contribution in [0.1, 0.15) is 25.8 Å². The van der Waals surface area contributed by atoms with Gasteiger partial charge in [-0.2, -0.15) is 0 Å². The predicted octanol–water partition coefficient (Wildman–Crippen LogP) is 2.26. The molecule has 5 heteroatoms. The molecule has 21 heavy (non-hydrogen) atoms. The molecule has 0 aliphatic rings. The highest BCUT2D eigenvalue weighted by molar-refractivity contribution is 5.78. The van der Waals surface area contributed by atoms with E-state index in [1.165, 1.54) is 0 Å². The van der Waals surface area contributed by atoms with Crippen molar-refractivity contribution in [2.45, 2.75) is 26.8 Å². The van der Waals surface area contributed by atoms with E-state index >= 15 is 0 Å². The molecule has 0 fully saturated rings. The summed E-state index contributed by atoms with van der Waals surface area (Å²) in [7, 11) is 1.69. The lowest BCUT2D eigenvalue weighted by Crippen LogP contribution is -2.37. The number of nitrogens with zero attached hydrogens (tertiary/aromatic N) is 2. The van der Waals surface area contributed by atoms with Crippen molar-refractivity contribution in [1.82, 2.24) is 4.90 Å². The summed E-state index contributed by atoms with van der Waals surface area (Å²) in [6, 6.07) is 7.96. The van der Waals surface area contributed by atoms with Crippen molar-refractivity contribution in [3.8, 4) is 5.75 Å². The second kappa shape index (κ2) is 10.0. The van der Waals surface area contributed by atoms with Gasteiger partial charge in [-0.15, -0.1) is 0 Å². The Morgan fingerprint density at radius 3 is 2.67 bits per heavy atom. The minimum Gasteiger partial charge on any atom is -0.493 e. The van der Waals surface area contributed by atoms with Crippen LogP contribution in [0.4, 0.5) is 0 Å². The number of hydrogen-bond donors (Lipinski definition) is 1. The van der Waals surface area contributed by atoms with E-state index in [0.717, 1.165) is 30.8 Å². The van der Waals surface area contributed by atoms with Crippen molar-refractivity contribution >= 4 is 5.96 Å². The second-order valence-corrected chi connectivity index (χ2v) is 4.69. The van der Waals surface area contributed by atoms with Crippen molar-refractivity contribution < 1.29 is 9.47 Å². The zero-order chi connectivity index (χ0) is 15.5. The number of aliphatic imine (C=N–C) groups is 1. The van der Waals surface area contributed by atoms with Gasteiger partial charge in [0.05, 0.1) is 13.2 Å². The third-order valence-electron chi connectivity index (χ3n) is 3.17. The Bertz CT molecular complexity index is 431. The fourth-order valence-electron chi connectivity index (χ4n) is 1.95. The topological polar surface area (TPSA) is 60.1 Å². The number of rotatable bonds is 9. The molecule has 1 rings (SSSR count). The van der Waals surface area contributed by atoms with Crippen LogP contribution in [0.3, 0.4) is 0 Å². The molecule has 0 saturated heterocycles. The smallest absolute Gasteiger partial charge is 0.191 e. The number of guanidine groups is 1. The number of benzene rings is 1. The SMILES string of the molecule is CCN(CC)C(N)=NCc1cccc(OCCCOC)c1. The molecule has 0 saturated carbocycles. The molecular weight excluding hydrogens is 266 g/mol. The predicted molar refractivity (Wildman–Crippen MR) is 86.7 cm³/mol. The minimum absolute atomic E-state index is 0.567. The molecule has 0 unspecified atom stereocenters. The van der Waals surface area contributed by atoms with E-state index in [-0.39, 0.29) is 0 Å². The van der Waals surface area contributed by atoms with E-state index in [0.29, 0.717) is 25.7 Å². The highest BCUT2D eigenvalue weighted by Crippen LogP contribution is 2.14. The van der Waals surface area contributed by atoms with Crippen LogP contribution in [0.15, 0.2) is 29.3 Å². The van der Waals surface area contributed by atoms with E-state index < -0.39 is 0 Å². The average Bonchev–Trinajstić information content (AvgIpc) is 2.51. The third-order valence-corrected chi connectivity index (χ3v) is 3.17. The molecule has 0 atom stereocenters. The highest BCUT2D eigenvalue weighted by atomic mass is 16.5. The zero-order valence-electron chi connectivity index (χ0n) is 13.3. The Morgan fingerprint density at radius 1 is 1.24 bits per heavy atom. The quantitative estimate of drug-likeness (QED) is 0.431. The van der Waals surface area contributed by atoms with Crippen LogP contribution < -0.4 is 10.5 Å². The van der Waals surface area contributed by atoms with Gasteiger partial charge in [-0.1, -0.05) is 12.1 Å². The fourth-order valence-corrected chi connectivity index (χ4v) is 1.95. The molecule has 0 spiro atoms. The zero-order valence-corrected chi connectivity index (χ0v) is 13.3. The maximum Gasteiger partial charge on any atom is 0.191 e. The summed E-state index contributed by atoms with van der Waals surface area (Å²) in [6.07, 6.45) is 0.883. The van der Waals surface area contributed by atoms with Gasteiger partial charge in [0.25, 0.3) is 0 Å². The molecule has 118 valence electrons. The Hall–Kier alpha value is -1.75. The third kappa shape index (κ3) is 6.49. The largest absolute Gasteiger partial charge is 0.493 e. The Kier molecular flexibility index (Phi) is 8.28. The van der Waals surface area contributed by atoms with Crippen molar-refractivity contribution in [1.29, 1.82) is 0 Å². The summed E-state index contributed by atoms with van der Waals surface area (Å²) in [5.41, 5.74) is 7.06. The van der Waals surface area contributed by atoms with E-state index in [2.05, 4.69) is 18.8 Å². The molecule has 0 bridgehead atoms. The number of ether oxygens (including phenoxy) is 2. The molecule has 0 aliphatic heterocycles. The molecule has 1 aromatic rings. The molecule has 0 radical (unpaired) electrons. The van der Waals surface area contributed by atoms with E-state index in [4.69, 9.17) is 15.2 Å². The van der Waals surface area contributed by atoms with Crippen molar-refractivity contribution in [2.24, 2.45) is 10.7 Å². The maximum atomic E-state index is 5.97. The monoisotopic (exact) mass is 293 g/mol. The van der Waals surface area contributed by atoms with Crippen LogP contribution in [0, 0.1) is 0 Å². The van der Waals surface area contributed by atoms with Gasteiger partial charge in [0, 0.05) is 33.2 Å². The molecule has 0 aromatic heterocycles.